The number of aliphatic hydroxyl groups is 2. The van der Waals surface area contributed by atoms with Gasteiger partial charge in [0.05, 0.1) is 6.10 Å². The molecule has 0 bridgehead atoms. The normalized spacial score (nSPS) is 48.1. The van der Waals surface area contributed by atoms with Gasteiger partial charge in [-0.25, -0.2) is 0 Å². The molecular formula is C30H56O3Si. The molecule has 0 spiro atoms. The van der Waals surface area contributed by atoms with E-state index in [-0.39, 0.29) is 16.6 Å². The van der Waals surface area contributed by atoms with Crippen molar-refractivity contribution in [1.29, 1.82) is 0 Å². The largest absolute Gasteiger partial charge is 0.414 e. The molecule has 0 aromatic rings. The lowest BCUT2D eigenvalue weighted by Gasteiger charge is -2.65. The molecular weight excluding hydrogens is 436 g/mol. The Morgan fingerprint density at radius 1 is 0.971 bits per heavy atom. The summed E-state index contributed by atoms with van der Waals surface area (Å²) >= 11 is 0. The number of rotatable bonds is 5. The maximum Gasteiger partial charge on any atom is 0.192 e. The molecule has 4 aliphatic rings. The van der Waals surface area contributed by atoms with Crippen molar-refractivity contribution in [2.24, 2.45) is 52.3 Å². The van der Waals surface area contributed by atoms with Crippen molar-refractivity contribution in [3.63, 3.8) is 0 Å². The van der Waals surface area contributed by atoms with Crippen LogP contribution in [0.4, 0.5) is 0 Å². The maximum absolute atomic E-state index is 12.0. The van der Waals surface area contributed by atoms with E-state index in [4.69, 9.17) is 4.43 Å². The van der Waals surface area contributed by atoms with Crippen LogP contribution in [0.15, 0.2) is 0 Å². The fraction of sp³-hybridized carbons (Fsp3) is 1.00. The molecule has 0 saturated heterocycles. The van der Waals surface area contributed by atoms with Gasteiger partial charge in [-0.1, -0.05) is 54.9 Å². The molecule has 0 heterocycles. The highest BCUT2D eigenvalue weighted by molar-refractivity contribution is 6.74. The van der Waals surface area contributed by atoms with E-state index >= 15 is 0 Å². The first-order valence-electron chi connectivity index (χ1n) is 14.7. The van der Waals surface area contributed by atoms with Crippen molar-refractivity contribution in [3.8, 4) is 0 Å². The van der Waals surface area contributed by atoms with E-state index in [9.17, 15) is 10.2 Å². The van der Waals surface area contributed by atoms with Gasteiger partial charge in [0.2, 0.25) is 0 Å². The van der Waals surface area contributed by atoms with E-state index in [2.05, 4.69) is 61.6 Å². The molecule has 4 aliphatic carbocycles. The molecule has 0 radical (unpaired) electrons. The zero-order valence-corrected chi connectivity index (χ0v) is 24.9. The van der Waals surface area contributed by atoms with Gasteiger partial charge in [0.15, 0.2) is 8.32 Å². The Labute approximate surface area is 212 Å². The van der Waals surface area contributed by atoms with E-state index in [1.807, 2.05) is 0 Å². The summed E-state index contributed by atoms with van der Waals surface area (Å²) in [5, 5.41) is 22.2. The fourth-order valence-corrected chi connectivity index (χ4v) is 11.1. The second kappa shape index (κ2) is 9.13. The minimum absolute atomic E-state index is 0.174. The Kier molecular flexibility index (Phi) is 7.29. The maximum atomic E-state index is 12.0. The topological polar surface area (TPSA) is 49.7 Å². The van der Waals surface area contributed by atoms with Gasteiger partial charge in [-0.05, 0) is 115 Å². The molecule has 0 aromatic carbocycles. The molecule has 4 rings (SSSR count). The minimum Gasteiger partial charge on any atom is -0.414 e. The highest BCUT2D eigenvalue weighted by Gasteiger charge is 2.65. The Hall–Kier alpha value is 0.0969. The summed E-state index contributed by atoms with van der Waals surface area (Å²) in [6.45, 7) is 21.8. The van der Waals surface area contributed by atoms with E-state index in [0.717, 1.165) is 12.8 Å². The summed E-state index contributed by atoms with van der Waals surface area (Å²) in [5.41, 5.74) is 0.619. The third kappa shape index (κ3) is 4.09. The number of hydrogen-bond donors (Lipinski definition) is 2. The van der Waals surface area contributed by atoms with Gasteiger partial charge >= 0.3 is 0 Å². The van der Waals surface area contributed by atoms with Crippen LogP contribution in [0, 0.1) is 52.3 Å². The Bertz CT molecular complexity index is 731. The lowest BCUT2D eigenvalue weighted by atomic mass is 9.41. The van der Waals surface area contributed by atoms with Gasteiger partial charge in [0, 0.05) is 12.7 Å². The van der Waals surface area contributed by atoms with Gasteiger partial charge < -0.3 is 14.6 Å². The first-order chi connectivity index (χ1) is 15.7. The van der Waals surface area contributed by atoms with Crippen LogP contribution < -0.4 is 0 Å². The van der Waals surface area contributed by atoms with E-state index < -0.39 is 8.32 Å². The third-order valence-corrected chi connectivity index (χ3v) is 17.2. The van der Waals surface area contributed by atoms with Crippen LogP contribution in [0.25, 0.3) is 0 Å². The lowest BCUT2D eigenvalue weighted by Crippen LogP contribution is -2.62. The zero-order valence-electron chi connectivity index (χ0n) is 23.9. The Morgan fingerprint density at radius 3 is 2.18 bits per heavy atom. The fourth-order valence-electron chi connectivity index (χ4n) is 9.74. The summed E-state index contributed by atoms with van der Waals surface area (Å²) in [6, 6.07) is 0. The third-order valence-electron chi connectivity index (χ3n) is 12.7. The molecule has 198 valence electrons. The summed E-state index contributed by atoms with van der Waals surface area (Å²) in [4.78, 5) is 0. The molecule has 4 fully saturated rings. The molecule has 0 aliphatic heterocycles. The summed E-state index contributed by atoms with van der Waals surface area (Å²) in [6.07, 6.45) is 9.91. The highest BCUT2D eigenvalue weighted by Crippen LogP contribution is 2.69. The van der Waals surface area contributed by atoms with Crippen LogP contribution in [0.2, 0.25) is 18.1 Å². The van der Waals surface area contributed by atoms with E-state index in [1.165, 1.54) is 38.5 Å². The van der Waals surface area contributed by atoms with Gasteiger partial charge in [0.25, 0.3) is 0 Å². The van der Waals surface area contributed by atoms with Crippen LogP contribution in [0.3, 0.4) is 0 Å². The van der Waals surface area contributed by atoms with Crippen LogP contribution >= 0.6 is 0 Å². The predicted octanol–water partition coefficient (Wildman–Crippen LogP) is 7.27. The molecule has 4 saturated carbocycles. The van der Waals surface area contributed by atoms with Gasteiger partial charge in [-0.2, -0.15) is 0 Å². The van der Waals surface area contributed by atoms with E-state index in [0.29, 0.717) is 59.6 Å². The molecule has 2 N–H and O–H groups in total. The standard InChI is InChI=1S/C30H56O3Si/c1-10-21-25-17-20(33-34(8,9)28(3,4)5)13-15-30(25,7)24-14-16-29(6)22(19(2)18-31)11-12-23(29)26(24)27(21)32/h19-27,31-32H,10-18H2,1-9H3/t19-,20?,21-,22-,23+,24+,25+,26+,27-,29-,30-/m1/s1. The second-order valence-electron chi connectivity index (χ2n) is 15.1. The summed E-state index contributed by atoms with van der Waals surface area (Å²) in [5.74, 6) is 3.66. The van der Waals surface area contributed by atoms with Gasteiger partial charge in [0.1, 0.15) is 0 Å². The second-order valence-corrected chi connectivity index (χ2v) is 19.9. The van der Waals surface area contributed by atoms with Crippen molar-refractivity contribution < 1.29 is 14.6 Å². The average molecular weight is 493 g/mol. The monoisotopic (exact) mass is 492 g/mol. The van der Waals surface area contributed by atoms with Gasteiger partial charge in [-0.3, -0.25) is 0 Å². The van der Waals surface area contributed by atoms with Crippen LogP contribution in [0.1, 0.15) is 99.8 Å². The molecule has 0 aromatic heterocycles. The van der Waals surface area contributed by atoms with Crippen molar-refractivity contribution in [3.05, 3.63) is 0 Å². The summed E-state index contributed by atoms with van der Waals surface area (Å²) in [7, 11) is -1.79. The quantitative estimate of drug-likeness (QED) is 0.397. The number of fused-ring (bicyclic) bond motifs is 5. The summed E-state index contributed by atoms with van der Waals surface area (Å²) < 4.78 is 6.97. The lowest BCUT2D eigenvalue weighted by molar-refractivity contribution is -0.202. The van der Waals surface area contributed by atoms with Crippen LogP contribution in [0.5, 0.6) is 0 Å². The van der Waals surface area contributed by atoms with Crippen molar-refractivity contribution in [1.82, 2.24) is 0 Å². The number of aliphatic hydroxyl groups excluding tert-OH is 2. The first kappa shape index (κ1) is 27.1. The zero-order chi connectivity index (χ0) is 25.3. The SMILES string of the molecule is CC[C@H]1[C@@H](O)[C@@H]2[C@H](CC[C@]3(C)[C@@H]([C@H](C)CO)CC[C@@H]23)[C@@]2(C)CCC(O[Si](C)(C)C(C)(C)C)C[C@@H]12. The molecule has 1 unspecified atom stereocenters. The van der Waals surface area contributed by atoms with Crippen molar-refractivity contribution in [2.75, 3.05) is 6.61 Å². The first-order valence-corrected chi connectivity index (χ1v) is 17.6. The predicted molar refractivity (Wildman–Crippen MR) is 144 cm³/mol. The highest BCUT2D eigenvalue weighted by atomic mass is 28.4. The Morgan fingerprint density at radius 2 is 1.59 bits per heavy atom. The van der Waals surface area contributed by atoms with Crippen molar-refractivity contribution in [2.45, 2.75) is 130 Å². The molecule has 34 heavy (non-hydrogen) atoms. The van der Waals surface area contributed by atoms with Crippen LogP contribution in [-0.4, -0.2) is 37.3 Å². The van der Waals surface area contributed by atoms with Gasteiger partial charge in [-0.15, -0.1) is 0 Å². The van der Waals surface area contributed by atoms with Crippen molar-refractivity contribution >= 4 is 8.32 Å². The van der Waals surface area contributed by atoms with E-state index in [1.54, 1.807) is 0 Å². The molecule has 4 heteroatoms. The van der Waals surface area contributed by atoms with Crippen LogP contribution in [-0.2, 0) is 4.43 Å². The Balaban J connectivity index is 1.60. The average Bonchev–Trinajstić information content (AvgIpc) is 3.10. The smallest absolute Gasteiger partial charge is 0.192 e. The minimum atomic E-state index is -1.79. The molecule has 11 atom stereocenters. The molecule has 0 amide bonds. The number of hydrogen-bond acceptors (Lipinski definition) is 3. The molecule has 3 nitrogen and oxygen atoms in total.